The summed E-state index contributed by atoms with van der Waals surface area (Å²) in [6.07, 6.45) is -6.45. The van der Waals surface area contributed by atoms with Gasteiger partial charge in [-0.05, 0) is 51.0 Å². The topological polar surface area (TPSA) is 36.9 Å². The summed E-state index contributed by atoms with van der Waals surface area (Å²) in [5.41, 5.74) is -3.06. The molecule has 1 unspecified atom stereocenters. The summed E-state index contributed by atoms with van der Waals surface area (Å²) in [6, 6.07) is 1.49. The first-order chi connectivity index (χ1) is 16.4. The maximum Gasteiger partial charge on any atom is 0.416 e. The van der Waals surface area contributed by atoms with Crippen LogP contribution >= 0.6 is 0 Å². The van der Waals surface area contributed by atoms with Crippen molar-refractivity contribution in [3.8, 4) is 0 Å². The van der Waals surface area contributed by atoms with Gasteiger partial charge in [0, 0.05) is 0 Å². The lowest BCUT2D eigenvalue weighted by Crippen LogP contribution is -2.43. The third-order valence-electron chi connectivity index (χ3n) is 5.30. The number of unbranched alkanes of at least 4 members (excludes halogenated alkanes) is 6. The van der Waals surface area contributed by atoms with Gasteiger partial charge in [-0.3, -0.25) is 4.74 Å². The summed E-state index contributed by atoms with van der Waals surface area (Å²) in [7, 11) is 0. The fraction of sp³-hybridized carbons (Fsp3) is 0.760. The van der Waals surface area contributed by atoms with Crippen molar-refractivity contribution in [2.45, 2.75) is 104 Å². The van der Waals surface area contributed by atoms with Crippen molar-refractivity contribution in [2.75, 3.05) is 19.8 Å². The minimum Gasteiger partial charge on any atom is -0.304 e. The molecule has 0 spiro atoms. The largest absolute Gasteiger partial charge is 0.416 e. The van der Waals surface area contributed by atoms with Crippen molar-refractivity contribution in [2.24, 2.45) is 0 Å². The van der Waals surface area contributed by atoms with Gasteiger partial charge in [0.2, 0.25) is 0 Å². The van der Waals surface area contributed by atoms with Crippen LogP contribution in [0.15, 0.2) is 18.2 Å². The van der Waals surface area contributed by atoms with Crippen LogP contribution in [0.4, 0.5) is 26.3 Å². The number of alkyl halides is 6. The number of benzene rings is 1. The predicted octanol–water partition coefficient (Wildman–Crippen LogP) is 8.64. The molecule has 10 heteroatoms. The second-order valence-electron chi connectivity index (χ2n) is 8.15. The second-order valence-corrected chi connectivity index (χ2v) is 8.15. The number of halogens is 6. The third-order valence-corrected chi connectivity index (χ3v) is 5.30. The molecule has 0 fully saturated rings. The molecule has 0 aromatic heterocycles. The molecule has 0 heterocycles. The van der Waals surface area contributed by atoms with E-state index in [2.05, 4.69) is 6.92 Å². The van der Waals surface area contributed by atoms with Gasteiger partial charge >= 0.3 is 18.5 Å². The van der Waals surface area contributed by atoms with E-state index < -0.39 is 35.7 Å². The highest BCUT2D eigenvalue weighted by Crippen LogP contribution is 2.40. The molecule has 0 N–H and O–H groups in total. The quantitative estimate of drug-likeness (QED) is 0.118. The summed E-state index contributed by atoms with van der Waals surface area (Å²) in [5, 5.41) is 0. The maximum absolute atomic E-state index is 13.5. The molecule has 1 aromatic rings. The Bertz CT molecular complexity index is 672. The van der Waals surface area contributed by atoms with E-state index >= 15 is 0 Å². The molecule has 0 aliphatic rings. The van der Waals surface area contributed by atoms with E-state index in [4.69, 9.17) is 18.9 Å². The minimum atomic E-state index is -4.96. The van der Waals surface area contributed by atoms with E-state index in [1.54, 1.807) is 20.8 Å². The fourth-order valence-corrected chi connectivity index (χ4v) is 3.68. The summed E-state index contributed by atoms with van der Waals surface area (Å²) in [6.45, 7) is 7.30. The van der Waals surface area contributed by atoms with Crippen LogP contribution < -0.4 is 0 Å². The van der Waals surface area contributed by atoms with Crippen LogP contribution in [0.3, 0.4) is 0 Å². The van der Waals surface area contributed by atoms with E-state index in [-0.39, 0.29) is 37.9 Å². The Labute approximate surface area is 204 Å². The molecule has 0 aliphatic carbocycles. The van der Waals surface area contributed by atoms with Gasteiger partial charge in [0.15, 0.2) is 0 Å². The van der Waals surface area contributed by atoms with Crippen molar-refractivity contribution in [3.63, 3.8) is 0 Å². The SMILES string of the molecule is CCCCCCCCCC(OC(OCC)(OCC)OCC)c1cc(C(F)(F)F)cc(C(F)(F)F)c1. The van der Waals surface area contributed by atoms with E-state index in [0.29, 0.717) is 18.6 Å². The lowest BCUT2D eigenvalue weighted by Gasteiger charge is -2.35. The lowest BCUT2D eigenvalue weighted by atomic mass is 9.97. The van der Waals surface area contributed by atoms with Crippen molar-refractivity contribution < 1.29 is 45.3 Å². The lowest BCUT2D eigenvalue weighted by molar-refractivity contribution is -0.507. The first-order valence-electron chi connectivity index (χ1n) is 12.3. The van der Waals surface area contributed by atoms with E-state index in [1.165, 1.54) is 0 Å². The zero-order chi connectivity index (χ0) is 26.5. The molecular formula is C25H38F6O4. The van der Waals surface area contributed by atoms with E-state index in [9.17, 15) is 26.3 Å². The van der Waals surface area contributed by atoms with E-state index in [1.807, 2.05) is 0 Å². The van der Waals surface area contributed by atoms with E-state index in [0.717, 1.165) is 38.5 Å². The average Bonchev–Trinajstić information content (AvgIpc) is 2.77. The normalized spacial score (nSPS) is 13.9. The molecule has 0 saturated heterocycles. The van der Waals surface area contributed by atoms with Crippen molar-refractivity contribution in [3.05, 3.63) is 34.9 Å². The molecule has 204 valence electrons. The van der Waals surface area contributed by atoms with Gasteiger partial charge in [0.05, 0.1) is 37.1 Å². The maximum atomic E-state index is 13.5. The summed E-state index contributed by atoms with van der Waals surface area (Å²) < 4.78 is 103. The van der Waals surface area contributed by atoms with Crippen molar-refractivity contribution >= 4 is 0 Å². The van der Waals surface area contributed by atoms with Crippen LogP contribution in [0.2, 0.25) is 0 Å². The number of rotatable bonds is 17. The molecule has 0 radical (unpaired) electrons. The van der Waals surface area contributed by atoms with Gasteiger partial charge in [-0.25, -0.2) is 0 Å². The van der Waals surface area contributed by atoms with Crippen LogP contribution in [-0.4, -0.2) is 26.0 Å². The first-order valence-corrected chi connectivity index (χ1v) is 12.3. The van der Waals surface area contributed by atoms with Crippen LogP contribution in [0.25, 0.3) is 0 Å². The first kappa shape index (κ1) is 31.7. The molecule has 0 aliphatic heterocycles. The Hall–Kier alpha value is -1.36. The van der Waals surface area contributed by atoms with Crippen LogP contribution in [0.5, 0.6) is 0 Å². The standard InChI is InChI=1S/C25H38F6O4/c1-5-9-10-11-12-13-14-15-22(35-25(32-6-2,33-7-3)34-8-4)19-16-20(23(26,27)28)18-21(17-19)24(29,30)31/h16-18,22H,5-15H2,1-4H3. The predicted molar refractivity (Wildman–Crippen MR) is 120 cm³/mol. The van der Waals surface area contributed by atoms with Crippen molar-refractivity contribution in [1.29, 1.82) is 0 Å². The summed E-state index contributed by atoms with van der Waals surface area (Å²) in [5.74, 6) is 0. The van der Waals surface area contributed by atoms with Crippen LogP contribution in [-0.2, 0) is 31.3 Å². The molecule has 0 saturated carbocycles. The molecular weight excluding hydrogens is 478 g/mol. The molecule has 1 rings (SSSR count). The number of ether oxygens (including phenoxy) is 4. The van der Waals surface area contributed by atoms with Crippen molar-refractivity contribution in [1.82, 2.24) is 0 Å². The highest BCUT2D eigenvalue weighted by atomic mass is 19.4. The molecule has 35 heavy (non-hydrogen) atoms. The Morgan fingerprint density at radius 1 is 0.629 bits per heavy atom. The Morgan fingerprint density at radius 3 is 1.46 bits per heavy atom. The summed E-state index contributed by atoms with van der Waals surface area (Å²) >= 11 is 0. The highest BCUT2D eigenvalue weighted by molar-refractivity contribution is 5.35. The van der Waals surface area contributed by atoms with Gasteiger partial charge in [-0.2, -0.15) is 26.3 Å². The number of hydrogen-bond donors (Lipinski definition) is 0. The van der Waals surface area contributed by atoms with Crippen LogP contribution in [0, 0.1) is 0 Å². The van der Waals surface area contributed by atoms with Crippen LogP contribution in [0.1, 0.15) is 102 Å². The highest BCUT2D eigenvalue weighted by Gasteiger charge is 2.41. The third kappa shape index (κ3) is 11.1. The van der Waals surface area contributed by atoms with Gasteiger partial charge in [-0.15, -0.1) is 0 Å². The monoisotopic (exact) mass is 516 g/mol. The Morgan fingerprint density at radius 2 is 1.06 bits per heavy atom. The molecule has 1 aromatic carbocycles. The Kier molecular flexibility index (Phi) is 13.6. The molecule has 1 atom stereocenters. The second kappa shape index (κ2) is 15.0. The van der Waals surface area contributed by atoms with Gasteiger partial charge < -0.3 is 14.2 Å². The zero-order valence-electron chi connectivity index (χ0n) is 21.0. The molecule has 0 bridgehead atoms. The minimum absolute atomic E-state index is 0.0839. The van der Waals surface area contributed by atoms with Gasteiger partial charge in [0.1, 0.15) is 0 Å². The van der Waals surface area contributed by atoms with Gasteiger partial charge in [-0.1, -0.05) is 51.9 Å². The molecule has 0 amide bonds. The number of hydrogen-bond acceptors (Lipinski definition) is 4. The molecule has 4 nitrogen and oxygen atoms in total. The smallest absolute Gasteiger partial charge is 0.304 e. The summed E-state index contributed by atoms with van der Waals surface area (Å²) in [4.78, 5) is 0. The Balaban J connectivity index is 3.34. The average molecular weight is 517 g/mol. The van der Waals surface area contributed by atoms with Gasteiger partial charge in [0.25, 0.3) is 0 Å². The zero-order valence-corrected chi connectivity index (χ0v) is 21.0. The fourth-order valence-electron chi connectivity index (χ4n) is 3.68.